The monoisotopic (exact) mass is 240 g/mol. The van der Waals surface area contributed by atoms with Gasteiger partial charge in [0.05, 0.1) is 6.54 Å². The molecule has 0 aromatic heterocycles. The maximum atomic E-state index is 11.3. The maximum absolute atomic E-state index is 11.3. The van der Waals surface area contributed by atoms with E-state index in [4.69, 9.17) is 0 Å². The van der Waals surface area contributed by atoms with E-state index in [1.165, 1.54) is 0 Å². The summed E-state index contributed by atoms with van der Waals surface area (Å²) in [5, 5.41) is 8.99. The molecule has 0 aromatic carbocycles. The maximum Gasteiger partial charge on any atom is 0.221 e. The average molecular weight is 240 g/mol. The second kappa shape index (κ2) is 11.0. The summed E-state index contributed by atoms with van der Waals surface area (Å²) in [6.45, 7) is 10.3. The number of nitrogens with one attached hydrogen (secondary N) is 3. The molecule has 0 saturated heterocycles. The van der Waals surface area contributed by atoms with Crippen LogP contribution in [-0.4, -0.2) is 38.0 Å². The second-order valence-corrected chi connectivity index (χ2v) is 3.53. The highest BCUT2D eigenvalue weighted by atomic mass is 16.1. The Kier molecular flexibility index (Phi) is 10.00. The summed E-state index contributed by atoms with van der Waals surface area (Å²) in [5.41, 5.74) is 0. The molecular weight excluding hydrogens is 216 g/mol. The summed E-state index contributed by atoms with van der Waals surface area (Å²) >= 11 is 0. The molecule has 5 nitrogen and oxygen atoms in total. The third kappa shape index (κ3) is 9.41. The van der Waals surface area contributed by atoms with Gasteiger partial charge < -0.3 is 16.0 Å². The van der Waals surface area contributed by atoms with Crippen LogP contribution in [0.3, 0.4) is 0 Å². The Balaban J connectivity index is 3.89. The largest absolute Gasteiger partial charge is 0.357 e. The van der Waals surface area contributed by atoms with Gasteiger partial charge in [-0.05, 0) is 13.3 Å². The lowest BCUT2D eigenvalue weighted by Crippen LogP contribution is -2.37. The van der Waals surface area contributed by atoms with Gasteiger partial charge in [0.1, 0.15) is 0 Å². The van der Waals surface area contributed by atoms with Gasteiger partial charge in [-0.3, -0.25) is 9.79 Å². The molecule has 3 N–H and O–H groups in total. The van der Waals surface area contributed by atoms with Crippen molar-refractivity contribution in [1.82, 2.24) is 16.0 Å². The molecule has 0 rings (SSSR count). The van der Waals surface area contributed by atoms with Crippen molar-refractivity contribution in [3.63, 3.8) is 0 Å². The summed E-state index contributed by atoms with van der Waals surface area (Å²) in [4.78, 5) is 15.6. The van der Waals surface area contributed by atoms with Gasteiger partial charge in [-0.15, -0.1) is 6.58 Å². The van der Waals surface area contributed by atoms with E-state index in [9.17, 15) is 4.79 Å². The smallest absolute Gasteiger partial charge is 0.221 e. The van der Waals surface area contributed by atoms with E-state index in [2.05, 4.69) is 27.5 Å². The fourth-order valence-electron chi connectivity index (χ4n) is 1.13. The second-order valence-electron chi connectivity index (χ2n) is 3.53. The predicted molar refractivity (Wildman–Crippen MR) is 72.1 cm³/mol. The van der Waals surface area contributed by atoms with Crippen molar-refractivity contribution in [3.05, 3.63) is 12.7 Å². The Morgan fingerprint density at radius 2 is 2.06 bits per heavy atom. The summed E-state index contributed by atoms with van der Waals surface area (Å²) in [6.07, 6.45) is 3.14. The molecule has 0 unspecified atom stereocenters. The number of guanidine groups is 1. The number of aliphatic imine (C=N–C) groups is 1. The molecule has 0 saturated carbocycles. The first-order valence-corrected chi connectivity index (χ1v) is 6.14. The van der Waals surface area contributed by atoms with Crippen LogP contribution in [0.5, 0.6) is 0 Å². The summed E-state index contributed by atoms with van der Waals surface area (Å²) < 4.78 is 0. The SMILES string of the molecule is C=CCNC(=NCCC(=O)NCCC)NCC. The highest BCUT2D eigenvalue weighted by Crippen LogP contribution is 1.83. The minimum Gasteiger partial charge on any atom is -0.357 e. The fraction of sp³-hybridized carbons (Fsp3) is 0.667. The van der Waals surface area contributed by atoms with Crippen molar-refractivity contribution >= 4 is 11.9 Å². The van der Waals surface area contributed by atoms with Crippen LogP contribution in [0.25, 0.3) is 0 Å². The summed E-state index contributed by atoms with van der Waals surface area (Å²) in [5.74, 6) is 0.769. The van der Waals surface area contributed by atoms with Crippen molar-refractivity contribution in [2.75, 3.05) is 26.2 Å². The van der Waals surface area contributed by atoms with Gasteiger partial charge in [0.25, 0.3) is 0 Å². The van der Waals surface area contributed by atoms with E-state index in [-0.39, 0.29) is 5.91 Å². The van der Waals surface area contributed by atoms with Crippen LogP contribution < -0.4 is 16.0 Å². The van der Waals surface area contributed by atoms with E-state index in [1.54, 1.807) is 6.08 Å². The molecule has 0 aliphatic heterocycles. The standard InChI is InChI=1S/C12H24N4O/c1-4-8-14-11(17)7-10-16-12(13-6-3)15-9-5-2/h5H,2,4,6-10H2,1,3H3,(H,14,17)(H2,13,15,16). The molecule has 0 radical (unpaired) electrons. The lowest BCUT2D eigenvalue weighted by atomic mass is 10.4. The predicted octanol–water partition coefficient (Wildman–Crippen LogP) is 0.644. The first-order chi connectivity index (χ1) is 8.24. The lowest BCUT2D eigenvalue weighted by molar-refractivity contribution is -0.120. The van der Waals surface area contributed by atoms with Crippen molar-refractivity contribution < 1.29 is 4.79 Å². The highest BCUT2D eigenvalue weighted by Gasteiger charge is 1.99. The zero-order valence-electron chi connectivity index (χ0n) is 10.9. The zero-order valence-corrected chi connectivity index (χ0v) is 10.9. The van der Waals surface area contributed by atoms with E-state index >= 15 is 0 Å². The Hall–Kier alpha value is -1.52. The molecule has 5 heteroatoms. The molecule has 98 valence electrons. The van der Waals surface area contributed by atoms with E-state index < -0.39 is 0 Å². The third-order valence-corrected chi connectivity index (χ3v) is 1.94. The number of hydrogen-bond donors (Lipinski definition) is 3. The number of nitrogens with zero attached hydrogens (tertiary/aromatic N) is 1. The molecule has 0 atom stereocenters. The average Bonchev–Trinajstić information content (AvgIpc) is 2.33. The van der Waals surface area contributed by atoms with Gasteiger partial charge in [-0.25, -0.2) is 0 Å². The lowest BCUT2D eigenvalue weighted by Gasteiger charge is -2.09. The molecule has 0 spiro atoms. The van der Waals surface area contributed by atoms with Crippen molar-refractivity contribution in [1.29, 1.82) is 0 Å². The minimum atomic E-state index is 0.0511. The molecule has 17 heavy (non-hydrogen) atoms. The van der Waals surface area contributed by atoms with Crippen LogP contribution in [-0.2, 0) is 4.79 Å². The first kappa shape index (κ1) is 15.5. The molecule has 0 bridgehead atoms. The normalized spacial score (nSPS) is 10.8. The Labute approximate surface area is 104 Å². The molecule has 0 fully saturated rings. The fourth-order valence-corrected chi connectivity index (χ4v) is 1.13. The van der Waals surface area contributed by atoms with Crippen LogP contribution in [0.15, 0.2) is 17.6 Å². The van der Waals surface area contributed by atoms with Crippen molar-refractivity contribution in [2.24, 2.45) is 4.99 Å². The van der Waals surface area contributed by atoms with Crippen LogP contribution in [0, 0.1) is 0 Å². The number of amides is 1. The number of carbonyl (C=O) groups is 1. The topological polar surface area (TPSA) is 65.5 Å². The summed E-state index contributed by atoms with van der Waals surface area (Å²) in [7, 11) is 0. The van der Waals surface area contributed by atoms with Gasteiger partial charge in [0.15, 0.2) is 5.96 Å². The van der Waals surface area contributed by atoms with Gasteiger partial charge in [-0.1, -0.05) is 13.0 Å². The zero-order chi connectivity index (χ0) is 12.9. The van der Waals surface area contributed by atoms with Crippen LogP contribution in [0.1, 0.15) is 26.7 Å². The van der Waals surface area contributed by atoms with E-state index in [1.807, 2.05) is 13.8 Å². The van der Waals surface area contributed by atoms with Crippen LogP contribution in [0.2, 0.25) is 0 Å². The number of rotatable bonds is 8. The van der Waals surface area contributed by atoms with Crippen molar-refractivity contribution in [2.45, 2.75) is 26.7 Å². The molecule has 0 aliphatic rings. The number of hydrogen-bond acceptors (Lipinski definition) is 2. The van der Waals surface area contributed by atoms with Crippen LogP contribution >= 0.6 is 0 Å². The molecule has 1 amide bonds. The molecule has 0 aliphatic carbocycles. The van der Waals surface area contributed by atoms with Crippen molar-refractivity contribution in [3.8, 4) is 0 Å². The van der Waals surface area contributed by atoms with Gasteiger partial charge in [0.2, 0.25) is 5.91 Å². The Morgan fingerprint density at radius 1 is 1.29 bits per heavy atom. The van der Waals surface area contributed by atoms with Crippen LogP contribution in [0.4, 0.5) is 0 Å². The Bertz CT molecular complexity index is 251. The minimum absolute atomic E-state index is 0.0511. The highest BCUT2D eigenvalue weighted by molar-refractivity contribution is 5.80. The van der Waals surface area contributed by atoms with Gasteiger partial charge in [0, 0.05) is 26.1 Å². The molecular formula is C12H24N4O. The Morgan fingerprint density at radius 3 is 2.65 bits per heavy atom. The summed E-state index contributed by atoms with van der Waals surface area (Å²) in [6, 6.07) is 0. The molecule has 0 heterocycles. The molecule has 0 aromatic rings. The number of carbonyl (C=O) groups excluding carboxylic acids is 1. The first-order valence-electron chi connectivity index (χ1n) is 6.14. The van der Waals surface area contributed by atoms with Gasteiger partial charge >= 0.3 is 0 Å². The third-order valence-electron chi connectivity index (χ3n) is 1.94. The van der Waals surface area contributed by atoms with E-state index in [0.29, 0.717) is 19.5 Å². The van der Waals surface area contributed by atoms with E-state index in [0.717, 1.165) is 25.5 Å². The quantitative estimate of drug-likeness (QED) is 0.331. The van der Waals surface area contributed by atoms with Gasteiger partial charge in [-0.2, -0.15) is 0 Å².